The third-order valence-corrected chi connectivity index (χ3v) is 27.4. The number of nitrogens with two attached hydrogens (primary N) is 1. The molecular formula is C104H93Br3Cl13N11O9S2. The van der Waals surface area contributed by atoms with E-state index in [0.29, 0.717) is 70.3 Å². The number of sulfone groups is 2. The number of pyridine rings is 4. The molecule has 16 rings (SSSR count). The lowest BCUT2D eigenvalue weighted by Gasteiger charge is -2.26. The Bertz CT molecular complexity index is 6860. The van der Waals surface area contributed by atoms with Crippen molar-refractivity contribution in [2.24, 2.45) is 15.0 Å². The normalized spacial score (nSPS) is 12.1. The maximum Gasteiger partial charge on any atom is 0.270 e. The van der Waals surface area contributed by atoms with Crippen molar-refractivity contribution in [1.82, 2.24) is 24.3 Å². The van der Waals surface area contributed by atoms with Gasteiger partial charge in [-0.2, -0.15) is 0 Å². The minimum absolute atomic E-state index is 0.00468. The number of amides is 1. The van der Waals surface area contributed by atoms with Crippen LogP contribution in [-0.4, -0.2) is 129 Å². The molecule has 10 aromatic carbocycles. The predicted octanol–water partition coefficient (Wildman–Crippen LogP) is 32.1. The van der Waals surface area contributed by atoms with Crippen molar-refractivity contribution < 1.29 is 36.1 Å². The molecule has 0 fully saturated rings. The van der Waals surface area contributed by atoms with E-state index in [1.54, 1.807) is 104 Å². The number of hydrogen-bond donors (Lipinski definition) is 3. The summed E-state index contributed by atoms with van der Waals surface area (Å²) in [7, 11) is -6.71. The summed E-state index contributed by atoms with van der Waals surface area (Å²) in [4.78, 5) is 74.5. The molecule has 0 aliphatic carbocycles. The van der Waals surface area contributed by atoms with Crippen LogP contribution in [0.1, 0.15) is 107 Å². The van der Waals surface area contributed by atoms with Gasteiger partial charge < -0.3 is 11.1 Å². The Balaban J connectivity index is 0.000000218. The Labute approximate surface area is 917 Å². The Hall–Kier alpha value is -9.11. The minimum Gasteiger partial charge on any atom is -0.399 e. The summed E-state index contributed by atoms with van der Waals surface area (Å²) in [6, 6.07) is 82.6. The molecule has 4 aromatic heterocycles. The van der Waals surface area contributed by atoms with E-state index in [1.807, 2.05) is 159 Å². The van der Waals surface area contributed by atoms with Crippen LogP contribution in [0.5, 0.6) is 0 Å². The molecule has 0 atom stereocenters. The van der Waals surface area contributed by atoms with Crippen molar-refractivity contribution in [3.05, 3.63) is 404 Å². The highest BCUT2D eigenvalue weighted by Crippen LogP contribution is 2.38. The number of nitro groups is 1. The zero-order valence-electron chi connectivity index (χ0n) is 76.3. The monoisotopic (exact) mass is 2400 g/mol. The summed E-state index contributed by atoms with van der Waals surface area (Å²) in [6.07, 6.45) is 16.3. The molecule has 0 radical (unpaired) electrons. The number of ketones is 1. The molecule has 0 spiro atoms. The second kappa shape index (κ2) is 62.7. The average molecular weight is 2410 g/mol. The standard InChI is InChI=1S/C19H14Cl2N2O3S.C11H13BrClN.C11H10Cl3N.C11H7ClN2O2.C11H9ClN2.C11H12ClN.C11H8ClN.C8H6Cl2O3S.C8H7ClO.C3H7Br2N/c1-27(25,26)13-6-7-14(17(21)11-13)19(24)23-12-5-8-16(20)15(10-12)18-4-2-3-9-22-18;1-9(14-8-4-7-12)10-5-2-3-6-11(10)13;12-9-5-2-1-4-8(9)10-11(13,14)6-3-7-15-10;12-10-5-4-8(14(15)16)7-9(10)11-3-1-2-6-13-11;12-10-5-4-8(13)7-9(10)11-3-1-2-6-14-11;2*12-10-6-2-1-5-9(10)11-7-3-4-8-13-11;1-14(12,13)5-2-3-6(8(10)11)7(9)4-5;1-6(10)7-4-2-3-5-8(7)9;4-2-1-3-6-5/h2-11H,1H3,(H,23,24);2-3,5-6H,4,7-8H2,1H3;1-2,4-5H,3,6-7H2;1-7H;1-7H,13H2;1-2,5-6H,3-4,7-8H2;1-8H;2-4H,1H3;2-5H,1H3;6H,1-3H2. The van der Waals surface area contributed by atoms with Crippen LogP contribution >= 0.6 is 199 Å². The molecule has 0 bridgehead atoms. The minimum atomic E-state index is -3.41. The lowest BCUT2D eigenvalue weighted by Crippen LogP contribution is -2.31. The summed E-state index contributed by atoms with van der Waals surface area (Å²) in [5.41, 5.74) is 19.7. The molecule has 4 N–H and O–H groups in total. The summed E-state index contributed by atoms with van der Waals surface area (Å²) < 4.78 is 47.3. The first-order chi connectivity index (χ1) is 67.8. The van der Waals surface area contributed by atoms with Gasteiger partial charge in [0, 0.05) is 190 Å². The zero-order valence-corrected chi connectivity index (χ0v) is 92.5. The first-order valence-corrected chi connectivity index (χ1v) is 54.6. The number of carbonyl (C=O) groups is 3. The van der Waals surface area contributed by atoms with Gasteiger partial charge >= 0.3 is 0 Å². The number of anilines is 2. The van der Waals surface area contributed by atoms with Gasteiger partial charge in [-0.15, -0.1) is 0 Å². The number of benzene rings is 10. The van der Waals surface area contributed by atoms with Crippen molar-refractivity contribution in [3.63, 3.8) is 0 Å². The van der Waals surface area contributed by atoms with Crippen LogP contribution in [0.4, 0.5) is 17.1 Å². The van der Waals surface area contributed by atoms with Crippen LogP contribution in [-0.2, 0) is 19.7 Å². The number of non-ortho nitro benzene ring substituents is 1. The van der Waals surface area contributed by atoms with E-state index in [0.717, 1.165) is 135 Å². The number of aliphatic imine (C=N–C) groups is 3. The number of carbonyl (C=O) groups excluding carboxylic acids is 3. The second-order valence-corrected chi connectivity index (χ2v) is 42.1. The summed E-state index contributed by atoms with van der Waals surface area (Å²) in [5.74, 6) is -0.458. The molecule has 0 saturated heterocycles. The van der Waals surface area contributed by atoms with E-state index in [9.17, 15) is 41.3 Å². The lowest BCUT2D eigenvalue weighted by molar-refractivity contribution is -0.384. The molecule has 2 aliphatic rings. The smallest absolute Gasteiger partial charge is 0.270 e. The summed E-state index contributed by atoms with van der Waals surface area (Å²) in [6.45, 7) is 7.10. The van der Waals surface area contributed by atoms with Gasteiger partial charge in [-0.05, 0) is 234 Å². The van der Waals surface area contributed by atoms with Crippen molar-refractivity contribution in [2.75, 3.05) is 60.4 Å². The number of nitrogens with one attached hydrogen (secondary N) is 2. The third kappa shape index (κ3) is 40.7. The SMILES string of the molecule is BrCCCNBr.CC(=NCCCBr)c1ccccc1Cl.CC(=O)c1ccccc1Cl.CS(=O)(=O)c1ccc(C(=O)Cl)c(Cl)c1.CS(=O)(=O)c1ccc(C(=O)Nc2ccc(Cl)c(-c3ccccn3)c2)c(Cl)c1.Clc1ccccc1-c1ccccn1.Clc1ccccc1C1=NCCCC1.Clc1ccccc1C1=NCCCC1(Cl)Cl.Nc1ccc(Cl)c(-c2ccccn2)c1.O=[N+]([O-])c1ccc(Cl)c(-c2ccccn2)c1. The highest BCUT2D eigenvalue weighted by molar-refractivity contribution is 9.09. The van der Waals surface area contributed by atoms with Crippen LogP contribution in [0.2, 0.25) is 50.2 Å². The number of halogens is 16. The van der Waals surface area contributed by atoms with Crippen molar-refractivity contribution in [2.45, 2.75) is 72.9 Å². The van der Waals surface area contributed by atoms with Crippen LogP contribution in [0.3, 0.4) is 0 Å². The fourth-order valence-corrected chi connectivity index (χ4v) is 17.9. The first-order valence-electron chi connectivity index (χ1n) is 42.9. The number of rotatable bonds is 20. The number of nitro benzene ring substituents is 1. The average Bonchev–Trinajstić information content (AvgIpc) is 0.803. The van der Waals surface area contributed by atoms with Crippen LogP contribution in [0, 0.1) is 10.1 Å². The molecule has 742 valence electrons. The fraction of sp³-hybridized carbons (Fsp3) is 0.173. The predicted molar refractivity (Wildman–Crippen MR) is 604 cm³/mol. The van der Waals surface area contributed by atoms with E-state index >= 15 is 0 Å². The summed E-state index contributed by atoms with van der Waals surface area (Å²) in [5, 5.41) is 19.9. The van der Waals surface area contributed by atoms with E-state index in [4.69, 9.17) is 157 Å². The topological polar surface area (TPSA) is 301 Å². The quantitative estimate of drug-likeness (QED) is 0.00735. The van der Waals surface area contributed by atoms with Gasteiger partial charge in [0.2, 0.25) is 0 Å². The molecule has 6 heterocycles. The number of alkyl halides is 4. The van der Waals surface area contributed by atoms with Gasteiger partial charge in [-0.25, -0.2) is 16.8 Å². The Morgan fingerprint density at radius 1 is 0.444 bits per heavy atom. The van der Waals surface area contributed by atoms with E-state index < -0.39 is 40.1 Å². The number of nitrogens with zero attached hydrogens (tertiary/aromatic N) is 8. The van der Waals surface area contributed by atoms with E-state index in [2.05, 4.69) is 92.6 Å². The highest BCUT2D eigenvalue weighted by Gasteiger charge is 2.35. The molecule has 2 aliphatic heterocycles. The summed E-state index contributed by atoms with van der Waals surface area (Å²) >= 11 is 87.3. The fourth-order valence-electron chi connectivity index (χ4n) is 12.4. The first kappa shape index (κ1) is 120. The molecule has 0 unspecified atom stereocenters. The Kier molecular flexibility index (Phi) is 52.9. The number of aromatic nitrogens is 4. The Morgan fingerprint density at radius 2 is 0.859 bits per heavy atom. The largest absolute Gasteiger partial charge is 0.399 e. The third-order valence-electron chi connectivity index (χ3n) is 19.5. The van der Waals surface area contributed by atoms with Gasteiger partial charge in [0.05, 0.1) is 84.5 Å². The number of hydrogen-bond acceptors (Lipinski definition) is 18. The van der Waals surface area contributed by atoms with Crippen molar-refractivity contribution >= 4 is 270 Å². The lowest BCUT2D eigenvalue weighted by atomic mass is 10.0. The molecule has 20 nitrogen and oxygen atoms in total. The van der Waals surface area contributed by atoms with Crippen molar-refractivity contribution in [1.29, 1.82) is 0 Å². The zero-order chi connectivity index (χ0) is 104. The van der Waals surface area contributed by atoms with E-state index in [1.165, 1.54) is 86.5 Å². The number of Topliss-reactive ketones (excluding diaryl/α,β-unsaturated/α-hetero) is 1. The molecule has 38 heteroatoms. The van der Waals surface area contributed by atoms with E-state index in [-0.39, 0.29) is 42.4 Å². The van der Waals surface area contributed by atoms with Crippen molar-refractivity contribution in [3.8, 4) is 45.0 Å². The maximum atomic E-state index is 12.5. The van der Waals surface area contributed by atoms with Crippen LogP contribution in [0.15, 0.2) is 335 Å². The van der Waals surface area contributed by atoms with Gasteiger partial charge in [0.15, 0.2) is 29.8 Å². The van der Waals surface area contributed by atoms with Crippen LogP contribution < -0.4 is 15.4 Å². The molecule has 14 aromatic rings. The maximum absolute atomic E-state index is 12.5. The van der Waals surface area contributed by atoms with Gasteiger partial charge in [0.25, 0.3) is 16.8 Å². The molecular weight excluding hydrogens is 2310 g/mol. The molecule has 142 heavy (non-hydrogen) atoms. The molecule has 1 amide bonds. The van der Waals surface area contributed by atoms with Crippen LogP contribution in [0.25, 0.3) is 45.0 Å². The number of nitrogen functional groups attached to an aromatic ring is 1. The van der Waals surface area contributed by atoms with Gasteiger partial charge in [-0.3, -0.25) is 63.8 Å². The molecule has 0 saturated carbocycles. The van der Waals surface area contributed by atoms with Gasteiger partial charge in [-0.1, -0.05) is 280 Å². The second-order valence-electron chi connectivity index (χ2n) is 30.0. The van der Waals surface area contributed by atoms with Gasteiger partial charge in [0.1, 0.15) is 0 Å². The Morgan fingerprint density at radius 3 is 1.27 bits per heavy atom. The highest BCUT2D eigenvalue weighted by atomic mass is 79.9.